The van der Waals surface area contributed by atoms with Gasteiger partial charge in [0.05, 0.1) is 10.7 Å². The Hall–Kier alpha value is -2.10. The SMILES string of the molecule is Cc1ccc(C2CC(=O)N(c3ccc(Cl)cc3Cl)C3=C2C(=O)CCC3)cc1. The number of hydrogen-bond acceptors (Lipinski definition) is 2. The number of rotatable bonds is 2. The summed E-state index contributed by atoms with van der Waals surface area (Å²) in [5.74, 6) is -0.106. The van der Waals surface area contributed by atoms with Crippen LogP contribution in [0.5, 0.6) is 0 Å². The molecule has 4 rings (SSSR count). The van der Waals surface area contributed by atoms with Gasteiger partial charge >= 0.3 is 0 Å². The predicted octanol–water partition coefficient (Wildman–Crippen LogP) is 5.83. The van der Waals surface area contributed by atoms with E-state index in [1.807, 2.05) is 31.2 Å². The number of hydrogen-bond donors (Lipinski definition) is 0. The van der Waals surface area contributed by atoms with Gasteiger partial charge in [-0.1, -0.05) is 53.0 Å². The van der Waals surface area contributed by atoms with Crippen molar-refractivity contribution in [3.05, 3.63) is 74.9 Å². The van der Waals surface area contributed by atoms with Gasteiger partial charge in [-0.15, -0.1) is 0 Å². The fourth-order valence-electron chi connectivity index (χ4n) is 4.02. The molecule has 2 aromatic rings. The molecule has 2 aliphatic rings. The van der Waals surface area contributed by atoms with Gasteiger partial charge in [0.15, 0.2) is 5.78 Å². The Labute approximate surface area is 168 Å². The molecule has 27 heavy (non-hydrogen) atoms. The molecule has 0 fully saturated rings. The Balaban J connectivity index is 1.87. The van der Waals surface area contributed by atoms with E-state index in [0.29, 0.717) is 28.6 Å². The van der Waals surface area contributed by atoms with Crippen LogP contribution in [0.1, 0.15) is 42.7 Å². The predicted molar refractivity (Wildman–Crippen MR) is 108 cm³/mol. The van der Waals surface area contributed by atoms with E-state index in [2.05, 4.69) is 0 Å². The van der Waals surface area contributed by atoms with E-state index >= 15 is 0 Å². The third-order valence-corrected chi connectivity index (χ3v) is 5.84. The molecule has 138 valence electrons. The summed E-state index contributed by atoms with van der Waals surface area (Å²) < 4.78 is 0. The van der Waals surface area contributed by atoms with Crippen molar-refractivity contribution in [1.29, 1.82) is 0 Å². The van der Waals surface area contributed by atoms with Crippen LogP contribution in [0.4, 0.5) is 5.69 Å². The maximum Gasteiger partial charge on any atom is 0.232 e. The Morgan fingerprint density at radius 1 is 1.00 bits per heavy atom. The number of carbonyl (C=O) groups is 2. The highest BCUT2D eigenvalue weighted by Crippen LogP contribution is 2.45. The zero-order valence-corrected chi connectivity index (χ0v) is 16.5. The third kappa shape index (κ3) is 3.30. The number of aryl methyl sites for hydroxylation is 1. The van der Waals surface area contributed by atoms with E-state index in [9.17, 15) is 9.59 Å². The van der Waals surface area contributed by atoms with Gasteiger partial charge in [0.1, 0.15) is 0 Å². The van der Waals surface area contributed by atoms with Gasteiger partial charge in [0, 0.05) is 35.1 Å². The van der Waals surface area contributed by atoms with Gasteiger partial charge in [0.25, 0.3) is 0 Å². The van der Waals surface area contributed by atoms with Gasteiger partial charge in [-0.2, -0.15) is 0 Å². The molecule has 1 aliphatic carbocycles. The fraction of sp³-hybridized carbons (Fsp3) is 0.273. The van der Waals surface area contributed by atoms with Crippen molar-refractivity contribution in [1.82, 2.24) is 0 Å². The van der Waals surface area contributed by atoms with E-state index in [-0.39, 0.29) is 24.0 Å². The van der Waals surface area contributed by atoms with Crippen LogP contribution < -0.4 is 4.90 Å². The van der Waals surface area contributed by atoms with Crippen LogP contribution in [0.3, 0.4) is 0 Å². The lowest BCUT2D eigenvalue weighted by molar-refractivity contribution is -0.119. The first kappa shape index (κ1) is 18.3. The number of ketones is 1. The van der Waals surface area contributed by atoms with Crippen molar-refractivity contribution in [2.75, 3.05) is 4.90 Å². The lowest BCUT2D eigenvalue weighted by atomic mass is 9.77. The van der Waals surface area contributed by atoms with Crippen LogP contribution >= 0.6 is 23.2 Å². The van der Waals surface area contributed by atoms with Crippen LogP contribution in [0.15, 0.2) is 53.7 Å². The largest absolute Gasteiger partial charge is 0.294 e. The highest BCUT2D eigenvalue weighted by atomic mass is 35.5. The maximum atomic E-state index is 13.1. The average Bonchev–Trinajstić information content (AvgIpc) is 2.63. The second kappa shape index (κ2) is 7.14. The number of benzene rings is 2. The lowest BCUT2D eigenvalue weighted by Gasteiger charge is -2.38. The second-order valence-corrected chi connectivity index (χ2v) is 7.97. The van der Waals surface area contributed by atoms with Crippen molar-refractivity contribution in [3.8, 4) is 0 Å². The van der Waals surface area contributed by atoms with Crippen molar-refractivity contribution >= 4 is 40.6 Å². The summed E-state index contributed by atoms with van der Waals surface area (Å²) in [7, 11) is 0. The van der Waals surface area contributed by atoms with Crippen LogP contribution in [-0.4, -0.2) is 11.7 Å². The molecule has 3 nitrogen and oxygen atoms in total. The summed E-state index contributed by atoms with van der Waals surface area (Å²) in [6, 6.07) is 13.2. The van der Waals surface area contributed by atoms with E-state index < -0.39 is 0 Å². The molecule has 0 aromatic heterocycles. The van der Waals surface area contributed by atoms with Gasteiger partial charge < -0.3 is 0 Å². The molecule has 1 unspecified atom stereocenters. The summed E-state index contributed by atoms with van der Waals surface area (Å²) in [6.45, 7) is 2.02. The van der Waals surface area contributed by atoms with Crippen molar-refractivity contribution in [2.24, 2.45) is 0 Å². The molecule has 2 aromatic carbocycles. The van der Waals surface area contributed by atoms with Gasteiger partial charge in [-0.05, 0) is 43.5 Å². The zero-order valence-electron chi connectivity index (χ0n) is 15.0. The summed E-state index contributed by atoms with van der Waals surface area (Å²) >= 11 is 12.4. The molecule has 0 saturated carbocycles. The van der Waals surface area contributed by atoms with Crippen LogP contribution in [0.2, 0.25) is 10.0 Å². The minimum atomic E-state index is -0.191. The van der Waals surface area contributed by atoms with Gasteiger partial charge in [-0.3, -0.25) is 14.5 Å². The lowest BCUT2D eigenvalue weighted by Crippen LogP contribution is -2.40. The molecule has 1 aliphatic heterocycles. The minimum Gasteiger partial charge on any atom is -0.294 e. The molecule has 0 N–H and O–H groups in total. The Morgan fingerprint density at radius 3 is 2.44 bits per heavy atom. The summed E-state index contributed by atoms with van der Waals surface area (Å²) in [5.41, 5.74) is 4.31. The smallest absolute Gasteiger partial charge is 0.232 e. The molecule has 0 saturated heterocycles. The Kier molecular flexibility index (Phi) is 4.83. The Morgan fingerprint density at radius 2 is 1.74 bits per heavy atom. The molecule has 1 heterocycles. The van der Waals surface area contributed by atoms with Crippen LogP contribution in [0.25, 0.3) is 0 Å². The molecule has 0 bridgehead atoms. The summed E-state index contributed by atoms with van der Waals surface area (Å²) in [6.07, 6.45) is 2.21. The third-order valence-electron chi connectivity index (χ3n) is 5.31. The molecular weight excluding hydrogens is 381 g/mol. The normalized spacial score (nSPS) is 20.1. The maximum absolute atomic E-state index is 13.1. The van der Waals surface area contributed by atoms with E-state index in [1.165, 1.54) is 0 Å². The number of halogens is 2. The van der Waals surface area contributed by atoms with Crippen molar-refractivity contribution in [3.63, 3.8) is 0 Å². The molecule has 0 radical (unpaired) electrons. The highest BCUT2D eigenvalue weighted by molar-refractivity contribution is 6.37. The number of allylic oxidation sites excluding steroid dienone is 2. The van der Waals surface area contributed by atoms with Crippen molar-refractivity contribution < 1.29 is 9.59 Å². The van der Waals surface area contributed by atoms with E-state index in [1.54, 1.807) is 23.1 Å². The highest BCUT2D eigenvalue weighted by Gasteiger charge is 2.40. The Bertz CT molecular complexity index is 963. The fourth-order valence-corrected chi connectivity index (χ4v) is 4.51. The number of Topliss-reactive ketones (excluding diaryl/α,β-unsaturated/α-hetero) is 1. The minimum absolute atomic E-state index is 0.0433. The topological polar surface area (TPSA) is 37.4 Å². The number of anilines is 1. The quantitative estimate of drug-likeness (QED) is 0.636. The number of amides is 1. The monoisotopic (exact) mass is 399 g/mol. The van der Waals surface area contributed by atoms with Gasteiger partial charge in [0.2, 0.25) is 5.91 Å². The number of nitrogens with zero attached hydrogens (tertiary/aromatic N) is 1. The van der Waals surface area contributed by atoms with Crippen molar-refractivity contribution in [2.45, 2.75) is 38.5 Å². The molecular formula is C22H19Cl2NO2. The van der Waals surface area contributed by atoms with Gasteiger partial charge in [-0.25, -0.2) is 0 Å². The second-order valence-electron chi connectivity index (χ2n) is 7.13. The molecule has 0 spiro atoms. The van der Waals surface area contributed by atoms with Crippen LogP contribution in [0, 0.1) is 6.92 Å². The first-order valence-corrected chi connectivity index (χ1v) is 9.82. The summed E-state index contributed by atoms with van der Waals surface area (Å²) in [5, 5.41) is 0.925. The van der Waals surface area contributed by atoms with Crippen LogP contribution in [-0.2, 0) is 9.59 Å². The summed E-state index contributed by atoms with van der Waals surface area (Å²) in [4.78, 5) is 27.6. The number of carbonyl (C=O) groups excluding carboxylic acids is 2. The molecule has 1 amide bonds. The first-order chi connectivity index (χ1) is 13.0. The zero-order chi connectivity index (χ0) is 19.1. The average molecular weight is 400 g/mol. The first-order valence-electron chi connectivity index (χ1n) is 9.06. The standard InChI is InChI=1S/C22H19Cl2NO2/c1-13-5-7-14(8-6-13)16-12-21(27)25(18-10-9-15(23)11-17(18)24)19-3-2-4-20(26)22(16)19/h5-11,16H,2-4,12H2,1H3. The molecule has 5 heteroatoms. The van der Waals surface area contributed by atoms with E-state index in [0.717, 1.165) is 28.8 Å². The molecule has 1 atom stereocenters. The van der Waals surface area contributed by atoms with E-state index in [4.69, 9.17) is 23.2 Å².